The van der Waals surface area contributed by atoms with E-state index in [1.165, 1.54) is 31.3 Å². The maximum Gasteiger partial charge on any atom is 0.307 e. The van der Waals surface area contributed by atoms with Gasteiger partial charge in [-0.3, -0.25) is 9.59 Å². The molecule has 0 aliphatic heterocycles. The number of aliphatic hydroxyl groups is 2. The molecule has 5 saturated carbocycles. The van der Waals surface area contributed by atoms with E-state index in [1.807, 2.05) is 34.6 Å². The van der Waals surface area contributed by atoms with Crippen molar-refractivity contribution < 1.29 is 24.9 Å². The quantitative estimate of drug-likeness (QED) is 0.244. The molecule has 5 aliphatic carbocycles. The number of aliphatic carboxylic acids is 1. The highest BCUT2D eigenvalue weighted by Crippen LogP contribution is 2.57. The predicted molar refractivity (Wildman–Crippen MR) is 230 cm³/mol. The number of ketones is 1. The molecule has 0 bridgehead atoms. The topological polar surface area (TPSA) is 94.8 Å². The fraction of sp³-hybridized carbons (Fsp3) is 0.918. The van der Waals surface area contributed by atoms with Gasteiger partial charge in [0.1, 0.15) is 5.78 Å². The SMILES string of the molecule is C=C1C(C)(C)CCC1(C)C.CC1(C)CCC(C)(C)C1(C)O.CC1(C)CCC(C)(C)C1=O.CC1(C)CCC(C)(C)C1C(=O)O.CC1(C)CCC(C)(C)C1CO. The van der Waals surface area contributed by atoms with Gasteiger partial charge in [-0.1, -0.05) is 151 Å². The first-order valence-corrected chi connectivity index (χ1v) is 21.4. The number of Topliss-reactive ketones (excluding diaryl/α,β-unsaturated/α-hetero) is 1. The molecule has 54 heavy (non-hydrogen) atoms. The average molecular weight is 761 g/mol. The number of hydrogen-bond donors (Lipinski definition) is 3. The van der Waals surface area contributed by atoms with Crippen LogP contribution in [0.15, 0.2) is 12.2 Å². The molecule has 5 rings (SSSR count). The Balaban J connectivity index is 0.000000338. The third-order valence-corrected chi connectivity index (χ3v) is 16.3. The maximum absolute atomic E-state index is 11.5. The van der Waals surface area contributed by atoms with Gasteiger partial charge in [0.05, 0.1) is 11.5 Å². The van der Waals surface area contributed by atoms with Crippen LogP contribution in [0.5, 0.6) is 0 Å². The van der Waals surface area contributed by atoms with Crippen LogP contribution in [0.4, 0.5) is 0 Å². The average Bonchev–Trinajstić information content (AvgIpc) is 3.56. The Bertz CT molecular complexity index is 1190. The van der Waals surface area contributed by atoms with Crippen LogP contribution in [0.3, 0.4) is 0 Å². The normalized spacial score (nSPS) is 29.3. The van der Waals surface area contributed by atoms with Crippen molar-refractivity contribution in [2.24, 2.45) is 66.0 Å². The Morgan fingerprint density at radius 2 is 0.796 bits per heavy atom. The molecule has 0 heterocycles. The zero-order valence-electron chi connectivity index (χ0n) is 39.8. The molecule has 0 radical (unpaired) electrons. The number of carboxylic acid groups (broad SMARTS) is 1. The van der Waals surface area contributed by atoms with Gasteiger partial charge in [0, 0.05) is 17.4 Å². The number of carbonyl (C=O) groups is 2. The van der Waals surface area contributed by atoms with Gasteiger partial charge in [-0.25, -0.2) is 0 Å². The second kappa shape index (κ2) is 16.2. The van der Waals surface area contributed by atoms with E-state index in [-0.39, 0.29) is 38.4 Å². The van der Waals surface area contributed by atoms with Gasteiger partial charge in [-0.2, -0.15) is 0 Å². The van der Waals surface area contributed by atoms with E-state index in [0.717, 1.165) is 38.5 Å². The summed E-state index contributed by atoms with van der Waals surface area (Å²) in [7, 11) is 0. The summed E-state index contributed by atoms with van der Waals surface area (Å²) in [5, 5.41) is 28.6. The first-order chi connectivity index (χ1) is 23.6. The Morgan fingerprint density at radius 3 is 0.926 bits per heavy atom. The van der Waals surface area contributed by atoms with E-state index >= 15 is 0 Å². The third-order valence-electron chi connectivity index (χ3n) is 16.3. The summed E-state index contributed by atoms with van der Waals surface area (Å²) in [6.45, 7) is 49.8. The minimum Gasteiger partial charge on any atom is -0.481 e. The van der Waals surface area contributed by atoms with Gasteiger partial charge in [0.25, 0.3) is 0 Å². The Hall–Kier alpha value is -1.20. The van der Waals surface area contributed by atoms with Crippen LogP contribution < -0.4 is 0 Å². The Morgan fingerprint density at radius 1 is 0.519 bits per heavy atom. The van der Waals surface area contributed by atoms with Crippen LogP contribution >= 0.6 is 0 Å². The van der Waals surface area contributed by atoms with Gasteiger partial charge in [-0.15, -0.1) is 0 Å². The minimum absolute atomic E-state index is 0.0324. The lowest BCUT2D eigenvalue weighted by molar-refractivity contribution is -0.148. The summed E-state index contributed by atoms with van der Waals surface area (Å²) in [5.74, 6) is 0.0856. The highest BCUT2D eigenvalue weighted by molar-refractivity contribution is 5.91. The van der Waals surface area contributed by atoms with Crippen LogP contribution in [0, 0.1) is 66.0 Å². The van der Waals surface area contributed by atoms with Crippen molar-refractivity contribution >= 4 is 11.8 Å². The molecule has 0 aromatic rings. The zero-order chi connectivity index (χ0) is 43.2. The van der Waals surface area contributed by atoms with Gasteiger partial charge in [0.2, 0.25) is 0 Å². The summed E-state index contributed by atoms with van der Waals surface area (Å²) in [6, 6.07) is 0. The Labute approximate surface area is 335 Å². The lowest BCUT2D eigenvalue weighted by Gasteiger charge is -2.42. The number of allylic oxidation sites excluding steroid dienone is 1. The van der Waals surface area contributed by atoms with Gasteiger partial charge in [-0.05, 0) is 120 Å². The first kappa shape index (κ1) is 50.8. The van der Waals surface area contributed by atoms with Crippen LogP contribution in [0.25, 0.3) is 0 Å². The molecule has 0 spiro atoms. The maximum atomic E-state index is 11.5. The number of hydrogen-bond acceptors (Lipinski definition) is 4. The molecule has 5 heteroatoms. The molecule has 318 valence electrons. The van der Waals surface area contributed by atoms with Crippen molar-refractivity contribution in [1.82, 2.24) is 0 Å². The van der Waals surface area contributed by atoms with Gasteiger partial charge in [0.15, 0.2) is 0 Å². The standard InChI is InChI=1S/C10H18O2.2C10H20O.C10H18.C9H16O/c1-9(2)5-6-10(3,4)7(9)8(11)12;1-8(2)6-7-9(3,4)10(8,5)11;1-9(2)5-6-10(3,4)8(9)7-11;1-8-9(2,3)6-7-10(8,4)5;1-8(2)5-6-9(3,4)7(8)10/h7H,5-6H2,1-4H3,(H,11,12);11H,6-7H2,1-5H3;8,11H,5-7H2,1-4H3;1,6-7H2,2-5H3;5-6H2,1-4H3. The molecule has 0 amide bonds. The molecule has 5 fully saturated rings. The lowest BCUT2D eigenvalue weighted by atomic mass is 9.69. The van der Waals surface area contributed by atoms with E-state index in [2.05, 4.69) is 117 Å². The van der Waals surface area contributed by atoms with Crippen LogP contribution in [0.1, 0.15) is 210 Å². The summed E-state index contributed by atoms with van der Waals surface area (Å²) in [5.41, 5.74) is 2.38. The second-order valence-electron chi connectivity index (χ2n) is 25.1. The second-order valence-corrected chi connectivity index (χ2v) is 25.1. The number of carbonyl (C=O) groups excluding carboxylic acids is 1. The lowest BCUT2D eigenvalue weighted by Crippen LogP contribution is -2.46. The van der Waals surface area contributed by atoms with Crippen molar-refractivity contribution in [3.8, 4) is 0 Å². The highest BCUT2D eigenvalue weighted by atomic mass is 16.4. The van der Waals surface area contributed by atoms with E-state index in [4.69, 9.17) is 5.11 Å². The summed E-state index contributed by atoms with van der Waals surface area (Å²) in [6.07, 6.45) is 11.5. The number of carboxylic acids is 1. The summed E-state index contributed by atoms with van der Waals surface area (Å²) >= 11 is 0. The number of aliphatic hydroxyl groups excluding tert-OH is 1. The van der Waals surface area contributed by atoms with Crippen LogP contribution in [-0.4, -0.2) is 39.3 Å². The molecule has 3 N–H and O–H groups in total. The number of rotatable bonds is 2. The summed E-state index contributed by atoms with van der Waals surface area (Å²) in [4.78, 5) is 22.6. The van der Waals surface area contributed by atoms with Crippen molar-refractivity contribution in [2.45, 2.75) is 215 Å². The fourth-order valence-electron chi connectivity index (χ4n) is 10.8. The van der Waals surface area contributed by atoms with Crippen LogP contribution in [-0.2, 0) is 9.59 Å². The van der Waals surface area contributed by atoms with Gasteiger partial charge >= 0.3 is 5.97 Å². The smallest absolute Gasteiger partial charge is 0.307 e. The largest absolute Gasteiger partial charge is 0.481 e. The Kier molecular flexibility index (Phi) is 15.3. The molecular weight excluding hydrogens is 669 g/mol. The molecule has 5 aliphatic rings. The highest BCUT2D eigenvalue weighted by Gasteiger charge is 2.55. The van der Waals surface area contributed by atoms with Gasteiger partial charge < -0.3 is 15.3 Å². The van der Waals surface area contributed by atoms with E-state index in [9.17, 15) is 19.8 Å². The molecular formula is C49H92O5. The monoisotopic (exact) mass is 761 g/mol. The summed E-state index contributed by atoms with van der Waals surface area (Å²) < 4.78 is 0. The predicted octanol–water partition coefficient (Wildman–Crippen LogP) is 13.3. The fourth-order valence-corrected chi connectivity index (χ4v) is 10.8. The molecule has 0 aromatic carbocycles. The van der Waals surface area contributed by atoms with Crippen molar-refractivity contribution in [3.63, 3.8) is 0 Å². The molecule has 0 aromatic heterocycles. The zero-order valence-corrected chi connectivity index (χ0v) is 39.8. The third kappa shape index (κ3) is 11.3. The molecule has 0 unspecified atom stereocenters. The van der Waals surface area contributed by atoms with E-state index in [1.54, 1.807) is 0 Å². The molecule has 0 saturated heterocycles. The first-order valence-electron chi connectivity index (χ1n) is 21.4. The van der Waals surface area contributed by atoms with Crippen molar-refractivity contribution in [1.29, 1.82) is 0 Å². The van der Waals surface area contributed by atoms with E-state index < -0.39 is 11.6 Å². The molecule has 0 atom stereocenters. The minimum atomic E-state index is -0.637. The van der Waals surface area contributed by atoms with Crippen molar-refractivity contribution in [2.75, 3.05) is 6.61 Å². The van der Waals surface area contributed by atoms with Crippen molar-refractivity contribution in [3.05, 3.63) is 12.2 Å². The van der Waals surface area contributed by atoms with E-state index in [0.29, 0.717) is 40.0 Å². The van der Waals surface area contributed by atoms with Crippen LogP contribution in [0.2, 0.25) is 0 Å². The molecule has 5 nitrogen and oxygen atoms in total.